The maximum Gasteiger partial charge on any atom is 0.243 e. The summed E-state index contributed by atoms with van der Waals surface area (Å²) in [5.74, 6) is 1.06. The fraction of sp³-hybridized carbons (Fsp3) is 0.308. The first kappa shape index (κ1) is 24.7. The van der Waals surface area contributed by atoms with Gasteiger partial charge in [0.05, 0.1) is 12.0 Å². The Morgan fingerprint density at radius 1 is 1.00 bits per heavy atom. The number of carbonyl (C=O) groups is 1. The van der Waals surface area contributed by atoms with E-state index in [0.717, 1.165) is 11.1 Å². The summed E-state index contributed by atoms with van der Waals surface area (Å²) in [6.45, 7) is 4.42. The first-order valence-electron chi connectivity index (χ1n) is 11.4. The largest absolute Gasteiger partial charge is 0.497 e. The van der Waals surface area contributed by atoms with Gasteiger partial charge in [-0.25, -0.2) is 13.4 Å². The number of sulfonamides is 1. The summed E-state index contributed by atoms with van der Waals surface area (Å²) in [6, 6.07) is 15.7. The Labute approximate surface area is 206 Å². The van der Waals surface area contributed by atoms with E-state index in [4.69, 9.17) is 9.47 Å². The van der Waals surface area contributed by atoms with Gasteiger partial charge in [0.25, 0.3) is 0 Å². The number of ether oxygens (including phenoxy) is 2. The summed E-state index contributed by atoms with van der Waals surface area (Å²) in [5.41, 5.74) is 2.44. The second kappa shape index (κ2) is 10.5. The number of piperidine rings is 1. The molecule has 1 fully saturated rings. The number of hydrogen-bond donors (Lipinski definition) is 1. The summed E-state index contributed by atoms with van der Waals surface area (Å²) < 4.78 is 38.6. The molecule has 2 heterocycles. The van der Waals surface area contributed by atoms with Crippen molar-refractivity contribution in [2.75, 3.05) is 25.5 Å². The molecule has 0 radical (unpaired) electrons. The van der Waals surface area contributed by atoms with Crippen molar-refractivity contribution < 1.29 is 22.7 Å². The molecular weight excluding hydrogens is 466 g/mol. The number of rotatable bonds is 7. The lowest BCUT2D eigenvalue weighted by Gasteiger charge is -2.30. The number of methoxy groups -OCH3 is 1. The number of anilines is 1. The normalized spacial score (nSPS) is 14.9. The average Bonchev–Trinajstić information content (AvgIpc) is 2.87. The number of amides is 1. The lowest BCUT2D eigenvalue weighted by atomic mass is 9.97. The molecule has 0 spiro atoms. The molecule has 2 aromatic carbocycles. The topological polar surface area (TPSA) is 97.8 Å². The third-order valence-electron chi connectivity index (χ3n) is 6.24. The van der Waals surface area contributed by atoms with Crippen molar-refractivity contribution in [3.05, 3.63) is 71.9 Å². The highest BCUT2D eigenvalue weighted by Crippen LogP contribution is 2.30. The molecule has 9 heteroatoms. The van der Waals surface area contributed by atoms with Gasteiger partial charge in [-0.05, 0) is 86.3 Å². The molecule has 1 amide bonds. The molecule has 4 rings (SSSR count). The van der Waals surface area contributed by atoms with Crippen LogP contribution in [0.5, 0.6) is 17.4 Å². The number of hydrogen-bond acceptors (Lipinski definition) is 6. The smallest absolute Gasteiger partial charge is 0.243 e. The van der Waals surface area contributed by atoms with E-state index in [2.05, 4.69) is 10.3 Å². The molecule has 1 aliphatic heterocycles. The van der Waals surface area contributed by atoms with Crippen molar-refractivity contribution in [1.29, 1.82) is 0 Å². The number of nitrogens with zero attached hydrogens (tertiary/aromatic N) is 2. The first-order valence-corrected chi connectivity index (χ1v) is 12.9. The van der Waals surface area contributed by atoms with Crippen molar-refractivity contribution in [2.45, 2.75) is 31.6 Å². The van der Waals surface area contributed by atoms with Crippen molar-refractivity contribution in [2.24, 2.45) is 5.92 Å². The maximum atomic E-state index is 13.1. The average molecular weight is 496 g/mol. The van der Waals surface area contributed by atoms with Crippen molar-refractivity contribution in [1.82, 2.24) is 9.29 Å². The molecule has 184 valence electrons. The Morgan fingerprint density at radius 2 is 1.69 bits per heavy atom. The van der Waals surface area contributed by atoms with Gasteiger partial charge in [0.2, 0.25) is 21.8 Å². The molecule has 8 nitrogen and oxygen atoms in total. The predicted octanol–water partition coefficient (Wildman–Crippen LogP) is 4.54. The van der Waals surface area contributed by atoms with Gasteiger partial charge in [-0.1, -0.05) is 6.07 Å². The number of aryl methyl sites for hydroxylation is 2. The lowest BCUT2D eigenvalue weighted by Crippen LogP contribution is -2.41. The summed E-state index contributed by atoms with van der Waals surface area (Å²) in [4.78, 5) is 17.5. The van der Waals surface area contributed by atoms with E-state index in [1.165, 1.54) is 4.31 Å². The van der Waals surface area contributed by atoms with Crippen LogP contribution >= 0.6 is 0 Å². The van der Waals surface area contributed by atoms with E-state index in [1.807, 2.05) is 19.9 Å². The minimum atomic E-state index is -3.59. The van der Waals surface area contributed by atoms with E-state index in [1.54, 1.807) is 61.8 Å². The molecule has 0 atom stereocenters. The van der Waals surface area contributed by atoms with Crippen LogP contribution in [0.3, 0.4) is 0 Å². The SMILES string of the molecule is COc1ccc(Oc2ncccc2NC(=O)C2CCN(S(=O)(=O)c3ccc(C)c(C)c3)CC2)cc1. The molecule has 3 aromatic rings. The molecule has 0 aliphatic carbocycles. The van der Waals surface area contributed by atoms with Crippen molar-refractivity contribution >= 4 is 21.6 Å². The van der Waals surface area contributed by atoms with Gasteiger partial charge in [-0.2, -0.15) is 4.31 Å². The van der Waals surface area contributed by atoms with Crippen LogP contribution < -0.4 is 14.8 Å². The highest BCUT2D eigenvalue weighted by Gasteiger charge is 2.32. The predicted molar refractivity (Wildman–Crippen MR) is 133 cm³/mol. The standard InChI is InChI=1S/C26H29N3O5S/c1-18-6-11-23(17-19(18)2)35(31,32)29-15-12-20(13-16-29)25(30)28-24-5-4-14-27-26(24)34-22-9-7-21(33-3)8-10-22/h4-11,14,17,20H,12-13,15-16H2,1-3H3,(H,28,30). The molecule has 35 heavy (non-hydrogen) atoms. The van der Waals surface area contributed by atoms with Crippen molar-refractivity contribution in [3.8, 4) is 17.4 Å². The minimum absolute atomic E-state index is 0.180. The second-order valence-electron chi connectivity index (χ2n) is 8.55. The zero-order valence-electron chi connectivity index (χ0n) is 20.0. The van der Waals surface area contributed by atoms with E-state index in [0.29, 0.717) is 34.9 Å². The number of carbonyl (C=O) groups excluding carboxylic acids is 1. The second-order valence-corrected chi connectivity index (χ2v) is 10.5. The third kappa shape index (κ3) is 5.63. The van der Waals surface area contributed by atoms with Gasteiger partial charge in [0.1, 0.15) is 17.2 Å². The molecule has 1 N–H and O–H groups in total. The quantitative estimate of drug-likeness (QED) is 0.517. The summed E-state index contributed by atoms with van der Waals surface area (Å²) >= 11 is 0. The number of nitrogens with one attached hydrogen (secondary N) is 1. The van der Waals surface area contributed by atoms with Crippen LogP contribution in [-0.4, -0.2) is 43.8 Å². The van der Waals surface area contributed by atoms with Gasteiger partial charge >= 0.3 is 0 Å². The molecule has 0 saturated carbocycles. The number of pyridine rings is 1. The van der Waals surface area contributed by atoms with Gasteiger partial charge < -0.3 is 14.8 Å². The minimum Gasteiger partial charge on any atom is -0.497 e. The van der Waals surface area contributed by atoms with Gasteiger partial charge in [-0.3, -0.25) is 4.79 Å². The Hall–Kier alpha value is -3.43. The van der Waals surface area contributed by atoms with Crippen LogP contribution in [0.15, 0.2) is 65.7 Å². The Kier molecular flexibility index (Phi) is 7.37. The van der Waals surface area contributed by atoms with Crippen LogP contribution in [0.1, 0.15) is 24.0 Å². The van der Waals surface area contributed by atoms with Gasteiger partial charge in [0, 0.05) is 25.2 Å². The van der Waals surface area contributed by atoms with E-state index < -0.39 is 10.0 Å². The van der Waals surface area contributed by atoms with Crippen LogP contribution in [-0.2, 0) is 14.8 Å². The Morgan fingerprint density at radius 3 is 2.34 bits per heavy atom. The molecule has 0 unspecified atom stereocenters. The highest BCUT2D eigenvalue weighted by molar-refractivity contribution is 7.89. The van der Waals surface area contributed by atoms with Crippen molar-refractivity contribution in [3.63, 3.8) is 0 Å². The monoisotopic (exact) mass is 495 g/mol. The fourth-order valence-electron chi connectivity index (χ4n) is 3.94. The first-order chi connectivity index (χ1) is 16.8. The third-order valence-corrected chi connectivity index (χ3v) is 8.14. The lowest BCUT2D eigenvalue weighted by molar-refractivity contribution is -0.120. The van der Waals surface area contributed by atoms with Crippen LogP contribution in [0.4, 0.5) is 5.69 Å². The highest BCUT2D eigenvalue weighted by atomic mass is 32.2. The van der Waals surface area contributed by atoms with Gasteiger partial charge in [-0.15, -0.1) is 0 Å². The zero-order valence-corrected chi connectivity index (χ0v) is 20.8. The van der Waals surface area contributed by atoms with Crippen LogP contribution in [0, 0.1) is 19.8 Å². The van der Waals surface area contributed by atoms with Crippen LogP contribution in [0.25, 0.3) is 0 Å². The summed E-state index contributed by atoms with van der Waals surface area (Å²) in [5, 5.41) is 2.90. The maximum absolute atomic E-state index is 13.1. The number of aromatic nitrogens is 1. The Balaban J connectivity index is 1.39. The van der Waals surface area contributed by atoms with Gasteiger partial charge in [0.15, 0.2) is 0 Å². The fourth-order valence-corrected chi connectivity index (χ4v) is 5.49. The van der Waals surface area contributed by atoms with Crippen LogP contribution in [0.2, 0.25) is 0 Å². The molecular formula is C26H29N3O5S. The van der Waals surface area contributed by atoms with E-state index in [-0.39, 0.29) is 30.8 Å². The Bertz CT molecular complexity index is 1300. The molecule has 1 aliphatic rings. The summed E-state index contributed by atoms with van der Waals surface area (Å²) in [6.07, 6.45) is 2.46. The molecule has 0 bridgehead atoms. The van der Waals surface area contributed by atoms with E-state index >= 15 is 0 Å². The number of benzene rings is 2. The molecule has 1 aromatic heterocycles. The summed E-state index contributed by atoms with van der Waals surface area (Å²) in [7, 11) is -2.00. The molecule has 1 saturated heterocycles. The zero-order chi connectivity index (χ0) is 25.0. The van der Waals surface area contributed by atoms with E-state index in [9.17, 15) is 13.2 Å².